The lowest BCUT2D eigenvalue weighted by atomic mass is 9.88. The fraction of sp³-hybridized carbons (Fsp3) is 0.684. The average Bonchev–Trinajstić information content (AvgIpc) is 3.93. The smallest absolute Gasteiger partial charge is 0.144 e. The Labute approximate surface area is 338 Å². The molecule has 0 fully saturated rings. The topological polar surface area (TPSA) is 228 Å². The monoisotopic (exact) mass is 810 g/mol. The molecule has 0 N–H and O–H groups in total. The molecule has 4 rings (SSSR count). The molecule has 0 atom stereocenters. The van der Waals surface area contributed by atoms with Crippen molar-refractivity contribution in [3.05, 3.63) is 47.6 Å². The summed E-state index contributed by atoms with van der Waals surface area (Å²) in [5.41, 5.74) is -0.435. The van der Waals surface area contributed by atoms with E-state index >= 15 is 0 Å². The van der Waals surface area contributed by atoms with Gasteiger partial charge in [-0.2, -0.15) is 0 Å². The molecule has 4 aromatic rings. The van der Waals surface area contributed by atoms with E-state index in [0.717, 1.165) is 0 Å². The van der Waals surface area contributed by atoms with Crippen LogP contribution in [0.4, 0.5) is 0 Å². The van der Waals surface area contributed by atoms with Crippen LogP contribution >= 0.6 is 0 Å². The van der Waals surface area contributed by atoms with Gasteiger partial charge < -0.3 is 18.9 Å². The van der Waals surface area contributed by atoms with Crippen molar-refractivity contribution >= 4 is 23.1 Å². The zero-order valence-corrected chi connectivity index (χ0v) is 35.4. The first-order chi connectivity index (χ1) is 27.1. The van der Waals surface area contributed by atoms with Gasteiger partial charge in [-0.25, -0.2) is 18.7 Å². The first kappa shape index (κ1) is 45.8. The normalized spacial score (nSPS) is 12.7. The van der Waals surface area contributed by atoms with Crippen LogP contribution in [0.5, 0.6) is 0 Å². The lowest BCUT2D eigenvalue weighted by Gasteiger charge is -2.32. The number of Topliss-reactive ketones (excluding diaryl/α,β-unsaturated/α-hetero) is 4. The number of hydrogen-bond acceptors (Lipinski definition) is 16. The molecule has 0 aliphatic carbocycles. The Balaban J connectivity index is 1.51. The van der Waals surface area contributed by atoms with E-state index in [1.807, 2.05) is 62.3 Å². The summed E-state index contributed by atoms with van der Waals surface area (Å²) in [4.78, 5) is 49.4. The molecule has 0 bridgehead atoms. The molecule has 0 amide bonds. The third kappa shape index (κ3) is 14.8. The summed E-state index contributed by atoms with van der Waals surface area (Å²) >= 11 is 0. The highest BCUT2D eigenvalue weighted by Crippen LogP contribution is 2.23. The highest BCUT2D eigenvalue weighted by atomic mass is 16.5. The van der Waals surface area contributed by atoms with E-state index in [-0.39, 0.29) is 102 Å². The highest BCUT2D eigenvalue weighted by molar-refractivity contribution is 5.86. The minimum Gasteiger partial charge on any atom is -0.358 e. The predicted octanol–water partition coefficient (Wildman–Crippen LogP) is 2.64. The largest absolute Gasteiger partial charge is 0.358 e. The molecule has 58 heavy (non-hydrogen) atoms. The Hall–Kier alpha value is -4.92. The van der Waals surface area contributed by atoms with Crippen LogP contribution in [0.2, 0.25) is 0 Å². The van der Waals surface area contributed by atoms with Crippen LogP contribution in [-0.2, 0) is 90.7 Å². The van der Waals surface area contributed by atoms with Gasteiger partial charge >= 0.3 is 0 Å². The SMILES string of the molecule is CC(=O)Cc1cn(COCC(COCn2cc(CC(=O)C(C)(C)C)nn2)(COCn2cc(CC(=O)C(C)(C)C)nn2)COCn2cc(CC(=O)C(C)(C)C)nn2)nn1. The van der Waals surface area contributed by atoms with Gasteiger partial charge in [-0.1, -0.05) is 83.2 Å². The molecule has 20 heteroatoms. The summed E-state index contributed by atoms with van der Waals surface area (Å²) in [5, 5.41) is 33.0. The van der Waals surface area contributed by atoms with Gasteiger partial charge in [0.1, 0.15) is 50.1 Å². The quantitative estimate of drug-likeness (QED) is 0.0991. The van der Waals surface area contributed by atoms with Crippen LogP contribution < -0.4 is 0 Å². The van der Waals surface area contributed by atoms with Crippen LogP contribution in [0.1, 0.15) is 92.0 Å². The Morgan fingerprint density at radius 2 is 0.690 bits per heavy atom. The number of ether oxygens (including phenoxy) is 4. The number of aromatic nitrogens is 12. The Morgan fingerprint density at radius 3 is 0.914 bits per heavy atom. The van der Waals surface area contributed by atoms with Crippen molar-refractivity contribution in [2.24, 2.45) is 21.7 Å². The van der Waals surface area contributed by atoms with Gasteiger partial charge in [-0.3, -0.25) is 19.2 Å². The van der Waals surface area contributed by atoms with Crippen molar-refractivity contribution in [1.82, 2.24) is 60.0 Å². The molecular weight excluding hydrogens is 752 g/mol. The minimum absolute atomic E-state index is 0.00156. The summed E-state index contributed by atoms with van der Waals surface area (Å²) in [6.07, 6.45) is 7.20. The second kappa shape index (κ2) is 19.7. The van der Waals surface area contributed by atoms with Crippen molar-refractivity contribution < 1.29 is 38.1 Å². The van der Waals surface area contributed by atoms with E-state index in [1.54, 1.807) is 24.8 Å². The molecule has 318 valence electrons. The zero-order chi connectivity index (χ0) is 42.7. The van der Waals surface area contributed by atoms with Gasteiger partial charge in [0, 0.05) is 16.2 Å². The molecule has 0 aliphatic heterocycles. The molecule has 4 heterocycles. The zero-order valence-electron chi connectivity index (χ0n) is 35.4. The van der Waals surface area contributed by atoms with Gasteiger partial charge in [0.25, 0.3) is 0 Å². The second-order valence-corrected chi connectivity index (χ2v) is 17.8. The average molecular weight is 811 g/mol. The molecule has 0 aromatic carbocycles. The Bertz CT molecular complexity index is 1800. The van der Waals surface area contributed by atoms with Gasteiger partial charge in [0.15, 0.2) is 0 Å². The van der Waals surface area contributed by atoms with E-state index in [0.29, 0.717) is 22.8 Å². The van der Waals surface area contributed by atoms with Gasteiger partial charge in [0.05, 0.1) is 105 Å². The number of carbonyl (C=O) groups is 4. The number of nitrogens with zero attached hydrogens (tertiary/aromatic N) is 12. The van der Waals surface area contributed by atoms with E-state index in [2.05, 4.69) is 41.2 Å². The minimum atomic E-state index is -0.967. The van der Waals surface area contributed by atoms with E-state index < -0.39 is 21.7 Å². The van der Waals surface area contributed by atoms with Crippen molar-refractivity contribution in [3.8, 4) is 0 Å². The fourth-order valence-electron chi connectivity index (χ4n) is 5.15. The molecule has 0 spiro atoms. The molecule has 0 saturated carbocycles. The lowest BCUT2D eigenvalue weighted by molar-refractivity contribution is -0.140. The number of ketones is 4. The third-order valence-corrected chi connectivity index (χ3v) is 8.84. The molecule has 20 nitrogen and oxygen atoms in total. The van der Waals surface area contributed by atoms with Crippen molar-refractivity contribution in [2.45, 2.75) is 122 Å². The molecule has 0 saturated heterocycles. The maximum absolute atomic E-state index is 12.6. The number of carbonyl (C=O) groups excluding carboxylic acids is 4. The fourth-order valence-corrected chi connectivity index (χ4v) is 5.15. The van der Waals surface area contributed by atoms with Crippen LogP contribution in [0.15, 0.2) is 24.8 Å². The molecule has 0 unspecified atom stereocenters. The molecule has 0 aliphatic rings. The molecular formula is C38H58N12O8. The maximum atomic E-state index is 12.6. The first-order valence-corrected chi connectivity index (χ1v) is 19.1. The first-order valence-electron chi connectivity index (χ1n) is 19.1. The van der Waals surface area contributed by atoms with Crippen LogP contribution in [0.25, 0.3) is 0 Å². The van der Waals surface area contributed by atoms with Gasteiger partial charge in [-0.15, -0.1) is 20.4 Å². The number of rotatable bonds is 24. The summed E-state index contributed by atoms with van der Waals surface area (Å²) in [6.45, 7) is 18.3. The lowest BCUT2D eigenvalue weighted by Crippen LogP contribution is -2.42. The maximum Gasteiger partial charge on any atom is 0.144 e. The standard InChI is InChI=1S/C38H58N12O8/c1-27(51)11-28-15-47(43-39-28)23-55-19-38(20-56-24-48-16-29(40-44-48)12-32(52)35(2,3)4,21-57-25-49-17-30(41-45-49)13-33(53)36(5,6)7)22-58-26-50-18-31(42-46-50)14-34(54)37(8,9)10/h15-18H,11-14,19-26H2,1-10H3. The molecule has 0 radical (unpaired) electrons. The Kier molecular flexibility index (Phi) is 15.5. The van der Waals surface area contributed by atoms with Crippen LogP contribution in [0, 0.1) is 21.7 Å². The van der Waals surface area contributed by atoms with E-state index in [9.17, 15) is 19.2 Å². The highest BCUT2D eigenvalue weighted by Gasteiger charge is 2.34. The van der Waals surface area contributed by atoms with Crippen LogP contribution in [0.3, 0.4) is 0 Å². The van der Waals surface area contributed by atoms with E-state index in [1.165, 1.54) is 25.7 Å². The molecule has 4 aromatic heterocycles. The summed E-state index contributed by atoms with van der Waals surface area (Å²) in [7, 11) is 0. The summed E-state index contributed by atoms with van der Waals surface area (Å²) in [6, 6.07) is 0. The van der Waals surface area contributed by atoms with Crippen LogP contribution in [-0.4, -0.2) is 110 Å². The van der Waals surface area contributed by atoms with Gasteiger partial charge in [-0.05, 0) is 6.92 Å². The van der Waals surface area contributed by atoms with Gasteiger partial charge in [0.2, 0.25) is 0 Å². The Morgan fingerprint density at radius 1 is 0.448 bits per heavy atom. The van der Waals surface area contributed by atoms with E-state index in [4.69, 9.17) is 18.9 Å². The van der Waals surface area contributed by atoms with Crippen molar-refractivity contribution in [3.63, 3.8) is 0 Å². The van der Waals surface area contributed by atoms with Crippen molar-refractivity contribution in [2.75, 3.05) is 26.4 Å². The number of hydrogen-bond donors (Lipinski definition) is 0. The second-order valence-electron chi connectivity index (χ2n) is 17.8. The van der Waals surface area contributed by atoms with Crippen molar-refractivity contribution in [1.29, 1.82) is 0 Å². The third-order valence-electron chi connectivity index (χ3n) is 8.84. The predicted molar refractivity (Wildman–Crippen MR) is 205 cm³/mol. The summed E-state index contributed by atoms with van der Waals surface area (Å²) < 4.78 is 30.8. The summed E-state index contributed by atoms with van der Waals surface area (Å²) in [5.74, 6) is 0.0614.